The molecule has 1 heterocycles. The quantitative estimate of drug-likeness (QED) is 0.807. The summed E-state index contributed by atoms with van der Waals surface area (Å²) in [6.07, 6.45) is 2.31. The van der Waals surface area contributed by atoms with Crippen LogP contribution < -0.4 is 5.73 Å². The van der Waals surface area contributed by atoms with Crippen LogP contribution in [-0.2, 0) is 5.41 Å². The average molecular weight is 206 g/mol. The van der Waals surface area contributed by atoms with Crippen molar-refractivity contribution in [3.63, 3.8) is 0 Å². The maximum atomic E-state index is 8.77. The number of nitrogens with two attached hydrogens (primary N) is 1. The van der Waals surface area contributed by atoms with Crippen molar-refractivity contribution < 1.29 is 0 Å². The number of thiophene rings is 1. The third kappa shape index (κ3) is 1.26. The van der Waals surface area contributed by atoms with Crippen molar-refractivity contribution in [2.75, 3.05) is 0 Å². The summed E-state index contributed by atoms with van der Waals surface area (Å²) in [6.45, 7) is 4.15. The molecule has 0 amide bonds. The zero-order valence-corrected chi connectivity index (χ0v) is 9.32. The van der Waals surface area contributed by atoms with E-state index in [1.54, 1.807) is 11.3 Å². The Kier molecular flexibility index (Phi) is 1.95. The number of hydrogen-bond acceptors (Lipinski definition) is 3. The summed E-state index contributed by atoms with van der Waals surface area (Å²) >= 11 is 1.59. The van der Waals surface area contributed by atoms with E-state index in [2.05, 4.69) is 26.0 Å². The number of rotatable bonds is 2. The first-order valence-electron chi connectivity index (χ1n) is 4.79. The first kappa shape index (κ1) is 9.70. The van der Waals surface area contributed by atoms with E-state index < -0.39 is 0 Å². The van der Waals surface area contributed by atoms with Gasteiger partial charge in [0.1, 0.15) is 10.9 Å². The smallest absolute Gasteiger partial charge is 0.110 e. The summed E-state index contributed by atoms with van der Waals surface area (Å²) in [6, 6.07) is 6.13. The van der Waals surface area contributed by atoms with Crippen LogP contribution in [0.5, 0.6) is 0 Å². The molecule has 0 aliphatic heterocycles. The highest BCUT2D eigenvalue weighted by Crippen LogP contribution is 2.56. The second kappa shape index (κ2) is 2.82. The molecule has 0 spiro atoms. The Labute approximate surface area is 88.4 Å². The Morgan fingerprint density at radius 1 is 1.50 bits per heavy atom. The summed E-state index contributed by atoms with van der Waals surface area (Å²) in [5.41, 5.74) is 6.15. The van der Waals surface area contributed by atoms with Gasteiger partial charge in [-0.3, -0.25) is 0 Å². The van der Waals surface area contributed by atoms with Gasteiger partial charge in [0, 0.05) is 15.8 Å². The molecule has 1 aromatic heterocycles. The predicted octanol–water partition coefficient (Wildman–Crippen LogP) is 2.39. The maximum absolute atomic E-state index is 8.77. The fraction of sp³-hybridized carbons (Fsp3) is 0.545. The second-order valence-electron chi connectivity index (χ2n) is 4.58. The van der Waals surface area contributed by atoms with Gasteiger partial charge in [0.15, 0.2) is 0 Å². The molecular formula is C11H14N2S. The van der Waals surface area contributed by atoms with E-state index in [4.69, 9.17) is 11.0 Å². The van der Waals surface area contributed by atoms with Crippen LogP contribution in [0.25, 0.3) is 0 Å². The fourth-order valence-electron chi connectivity index (χ4n) is 1.99. The zero-order valence-electron chi connectivity index (χ0n) is 8.50. The molecular weight excluding hydrogens is 192 g/mol. The molecule has 0 bridgehead atoms. The summed E-state index contributed by atoms with van der Waals surface area (Å²) < 4.78 is 0. The van der Waals surface area contributed by atoms with Gasteiger partial charge in [-0.2, -0.15) is 5.26 Å². The lowest BCUT2D eigenvalue weighted by Crippen LogP contribution is -2.44. The summed E-state index contributed by atoms with van der Waals surface area (Å²) in [5, 5.41) is 8.77. The average Bonchev–Trinajstić information content (AvgIpc) is 2.79. The lowest BCUT2D eigenvalue weighted by Gasteiger charge is -2.29. The van der Waals surface area contributed by atoms with Gasteiger partial charge in [-0.05, 0) is 38.8 Å². The van der Waals surface area contributed by atoms with E-state index in [0.29, 0.717) is 0 Å². The second-order valence-corrected chi connectivity index (χ2v) is 5.66. The molecule has 1 fully saturated rings. The van der Waals surface area contributed by atoms with Gasteiger partial charge in [0.05, 0.1) is 0 Å². The van der Waals surface area contributed by atoms with Crippen molar-refractivity contribution in [2.45, 2.75) is 37.6 Å². The highest BCUT2D eigenvalue weighted by molar-refractivity contribution is 7.12. The Morgan fingerprint density at radius 3 is 2.50 bits per heavy atom. The van der Waals surface area contributed by atoms with Crippen molar-refractivity contribution in [1.82, 2.24) is 0 Å². The van der Waals surface area contributed by atoms with E-state index in [9.17, 15) is 0 Å². The standard InChI is InChI=1S/C11H14N2S/c1-10(2,13)11(5-6-11)9-4-3-8(7-12)14-9/h3-4H,5-6,13H2,1-2H3. The first-order chi connectivity index (χ1) is 6.49. The molecule has 1 aliphatic rings. The van der Waals surface area contributed by atoms with Crippen LogP contribution in [0.2, 0.25) is 0 Å². The molecule has 74 valence electrons. The number of nitrogens with zero attached hydrogens (tertiary/aromatic N) is 1. The van der Waals surface area contributed by atoms with Gasteiger partial charge in [0.25, 0.3) is 0 Å². The van der Waals surface area contributed by atoms with E-state index in [-0.39, 0.29) is 11.0 Å². The number of nitriles is 1. The van der Waals surface area contributed by atoms with Crippen LogP contribution in [0, 0.1) is 11.3 Å². The summed E-state index contributed by atoms with van der Waals surface area (Å²) in [5.74, 6) is 0. The van der Waals surface area contributed by atoms with Crippen LogP contribution in [0.1, 0.15) is 36.4 Å². The molecule has 2 rings (SSSR count). The molecule has 2 N–H and O–H groups in total. The molecule has 0 unspecified atom stereocenters. The summed E-state index contributed by atoms with van der Waals surface area (Å²) in [4.78, 5) is 2.07. The molecule has 1 saturated carbocycles. The highest BCUT2D eigenvalue weighted by Gasteiger charge is 2.54. The van der Waals surface area contributed by atoms with Gasteiger partial charge in [-0.25, -0.2) is 0 Å². The lowest BCUT2D eigenvalue weighted by atomic mass is 9.84. The van der Waals surface area contributed by atoms with Crippen molar-refractivity contribution in [3.05, 3.63) is 21.9 Å². The SMILES string of the molecule is CC(C)(N)C1(c2ccc(C#N)s2)CC1. The molecule has 0 radical (unpaired) electrons. The Bertz CT molecular complexity index is 388. The Morgan fingerprint density at radius 2 is 2.14 bits per heavy atom. The minimum Gasteiger partial charge on any atom is -0.325 e. The van der Waals surface area contributed by atoms with Crippen LogP contribution in [0.15, 0.2) is 12.1 Å². The molecule has 1 aliphatic carbocycles. The van der Waals surface area contributed by atoms with E-state index in [1.807, 2.05) is 6.07 Å². The van der Waals surface area contributed by atoms with Gasteiger partial charge in [-0.15, -0.1) is 11.3 Å². The predicted molar refractivity (Wildman–Crippen MR) is 58.2 cm³/mol. The third-order valence-corrected chi connectivity index (χ3v) is 4.37. The van der Waals surface area contributed by atoms with Crippen LogP contribution in [0.4, 0.5) is 0 Å². The molecule has 0 atom stereocenters. The van der Waals surface area contributed by atoms with E-state index in [0.717, 1.165) is 17.7 Å². The first-order valence-corrected chi connectivity index (χ1v) is 5.60. The minimum absolute atomic E-state index is 0.146. The maximum Gasteiger partial charge on any atom is 0.110 e. The molecule has 0 saturated heterocycles. The molecule has 1 aromatic rings. The normalized spacial score (nSPS) is 19.0. The van der Waals surface area contributed by atoms with Crippen LogP contribution in [0.3, 0.4) is 0 Å². The zero-order chi connectivity index (χ0) is 10.4. The van der Waals surface area contributed by atoms with Gasteiger partial charge in [0.2, 0.25) is 0 Å². The molecule has 3 heteroatoms. The van der Waals surface area contributed by atoms with Gasteiger partial charge < -0.3 is 5.73 Å². The largest absolute Gasteiger partial charge is 0.325 e. The minimum atomic E-state index is -0.176. The van der Waals surface area contributed by atoms with Gasteiger partial charge in [-0.1, -0.05) is 0 Å². The van der Waals surface area contributed by atoms with Crippen molar-refractivity contribution >= 4 is 11.3 Å². The van der Waals surface area contributed by atoms with Crippen molar-refractivity contribution in [2.24, 2.45) is 5.73 Å². The lowest BCUT2D eigenvalue weighted by molar-refractivity contribution is 0.397. The molecule has 2 nitrogen and oxygen atoms in total. The number of hydrogen-bond donors (Lipinski definition) is 1. The van der Waals surface area contributed by atoms with E-state index >= 15 is 0 Å². The van der Waals surface area contributed by atoms with E-state index in [1.165, 1.54) is 4.88 Å². The monoisotopic (exact) mass is 206 g/mol. The van der Waals surface area contributed by atoms with Crippen LogP contribution in [-0.4, -0.2) is 5.54 Å². The van der Waals surface area contributed by atoms with Crippen molar-refractivity contribution in [1.29, 1.82) is 5.26 Å². The Hall–Kier alpha value is -0.850. The molecule has 0 aromatic carbocycles. The fourth-order valence-corrected chi connectivity index (χ4v) is 3.21. The topological polar surface area (TPSA) is 49.8 Å². The Balaban J connectivity index is 2.37. The van der Waals surface area contributed by atoms with Crippen LogP contribution >= 0.6 is 11.3 Å². The van der Waals surface area contributed by atoms with Gasteiger partial charge >= 0.3 is 0 Å². The van der Waals surface area contributed by atoms with Crippen molar-refractivity contribution in [3.8, 4) is 6.07 Å². The third-order valence-electron chi connectivity index (χ3n) is 3.17. The molecule has 14 heavy (non-hydrogen) atoms. The summed E-state index contributed by atoms with van der Waals surface area (Å²) in [7, 11) is 0. The highest BCUT2D eigenvalue weighted by atomic mass is 32.1.